The predicted molar refractivity (Wildman–Crippen MR) is 49.7 cm³/mol. The summed E-state index contributed by atoms with van der Waals surface area (Å²) < 4.78 is 0. The lowest BCUT2D eigenvalue weighted by Crippen LogP contribution is -2.22. The Morgan fingerprint density at radius 2 is 2.08 bits per heavy atom. The number of Topliss-reactive ketones (excluding diaryl/α,β-unsaturated/α-hetero) is 1. The van der Waals surface area contributed by atoms with Gasteiger partial charge in [-0.2, -0.15) is 0 Å². The van der Waals surface area contributed by atoms with Crippen molar-refractivity contribution in [2.45, 2.75) is 12.8 Å². The van der Waals surface area contributed by atoms with Crippen LogP contribution in [0.1, 0.15) is 22.3 Å². The fraction of sp³-hybridized carbons (Fsp3) is 0.364. The van der Waals surface area contributed by atoms with Gasteiger partial charge >= 0.3 is 0 Å². The molecular weight excluding hydrogens is 164 g/mol. The first kappa shape index (κ1) is 8.45. The molecule has 0 saturated carbocycles. The molecule has 0 unspecified atom stereocenters. The Kier molecular flexibility index (Phi) is 2.15. The largest absolute Gasteiger partial charge is 0.396 e. The minimum atomic E-state index is 0.111. The molecule has 0 saturated heterocycles. The highest BCUT2D eigenvalue weighted by Crippen LogP contribution is 2.24. The van der Waals surface area contributed by atoms with Crippen LogP contribution < -0.4 is 0 Å². The smallest absolute Gasteiger partial charge is 0.163 e. The van der Waals surface area contributed by atoms with Crippen molar-refractivity contribution in [2.24, 2.45) is 5.92 Å². The number of aliphatic hydroxyl groups is 1. The van der Waals surface area contributed by atoms with Crippen LogP contribution in [0.25, 0.3) is 0 Å². The average Bonchev–Trinajstić information content (AvgIpc) is 2.18. The Hall–Kier alpha value is -1.15. The van der Waals surface area contributed by atoms with Crippen molar-refractivity contribution < 1.29 is 9.90 Å². The molecule has 1 atom stereocenters. The van der Waals surface area contributed by atoms with Crippen LogP contribution in [0.15, 0.2) is 24.3 Å². The summed E-state index contributed by atoms with van der Waals surface area (Å²) in [5.41, 5.74) is 1.92. The first-order chi connectivity index (χ1) is 6.31. The lowest BCUT2D eigenvalue weighted by Gasteiger charge is -2.21. The third-order valence-electron chi connectivity index (χ3n) is 2.56. The van der Waals surface area contributed by atoms with E-state index < -0.39 is 0 Å². The zero-order valence-corrected chi connectivity index (χ0v) is 7.36. The topological polar surface area (TPSA) is 37.3 Å². The monoisotopic (exact) mass is 176 g/mol. The molecule has 1 aromatic rings. The SMILES string of the molecule is O=C1C[C@@H](CO)Cc2ccccc21. The van der Waals surface area contributed by atoms with Crippen molar-refractivity contribution in [3.63, 3.8) is 0 Å². The number of aliphatic hydroxyl groups excluding tert-OH is 1. The van der Waals surface area contributed by atoms with Gasteiger partial charge in [0, 0.05) is 18.6 Å². The summed E-state index contributed by atoms with van der Waals surface area (Å²) in [6.45, 7) is 0.111. The number of benzene rings is 1. The van der Waals surface area contributed by atoms with Crippen molar-refractivity contribution in [3.05, 3.63) is 35.4 Å². The maximum atomic E-state index is 11.5. The van der Waals surface area contributed by atoms with Crippen LogP contribution >= 0.6 is 0 Å². The Bertz CT molecular complexity index is 331. The number of hydrogen-bond donors (Lipinski definition) is 1. The molecular formula is C11H12O2. The van der Waals surface area contributed by atoms with E-state index in [4.69, 9.17) is 5.11 Å². The van der Waals surface area contributed by atoms with Gasteiger partial charge in [0.25, 0.3) is 0 Å². The highest BCUT2D eigenvalue weighted by Gasteiger charge is 2.23. The Morgan fingerprint density at radius 3 is 2.85 bits per heavy atom. The number of carbonyl (C=O) groups excluding carboxylic acids is 1. The summed E-state index contributed by atoms with van der Waals surface area (Å²) in [4.78, 5) is 11.5. The predicted octanol–water partition coefficient (Wildman–Crippen LogP) is 1.42. The number of carbonyl (C=O) groups is 1. The van der Waals surface area contributed by atoms with E-state index >= 15 is 0 Å². The fourth-order valence-electron chi connectivity index (χ4n) is 1.85. The van der Waals surface area contributed by atoms with E-state index in [1.54, 1.807) is 0 Å². The molecule has 0 amide bonds. The molecule has 2 heteroatoms. The van der Waals surface area contributed by atoms with Crippen molar-refractivity contribution >= 4 is 5.78 Å². The number of rotatable bonds is 1. The molecule has 1 aliphatic rings. The zero-order chi connectivity index (χ0) is 9.26. The molecule has 2 rings (SSSR count). The van der Waals surface area contributed by atoms with Crippen LogP contribution in [0.3, 0.4) is 0 Å². The van der Waals surface area contributed by atoms with Crippen molar-refractivity contribution in [1.29, 1.82) is 0 Å². The van der Waals surface area contributed by atoms with E-state index in [0.717, 1.165) is 17.5 Å². The lowest BCUT2D eigenvalue weighted by atomic mass is 9.83. The second-order valence-electron chi connectivity index (χ2n) is 3.54. The molecule has 1 aliphatic carbocycles. The van der Waals surface area contributed by atoms with Crippen LogP contribution in [0, 0.1) is 5.92 Å². The van der Waals surface area contributed by atoms with Gasteiger partial charge in [-0.3, -0.25) is 4.79 Å². The van der Waals surface area contributed by atoms with Crippen LogP contribution in [0.5, 0.6) is 0 Å². The second-order valence-corrected chi connectivity index (χ2v) is 3.54. The zero-order valence-electron chi connectivity index (χ0n) is 7.36. The van der Waals surface area contributed by atoms with Crippen molar-refractivity contribution in [3.8, 4) is 0 Å². The molecule has 68 valence electrons. The average molecular weight is 176 g/mol. The Morgan fingerprint density at radius 1 is 1.31 bits per heavy atom. The van der Waals surface area contributed by atoms with E-state index in [1.165, 1.54) is 0 Å². The normalized spacial score (nSPS) is 21.3. The summed E-state index contributed by atoms with van der Waals surface area (Å²) in [5.74, 6) is 0.295. The first-order valence-corrected chi connectivity index (χ1v) is 4.53. The molecule has 13 heavy (non-hydrogen) atoms. The Labute approximate surface area is 77.2 Å². The number of ketones is 1. The van der Waals surface area contributed by atoms with Gasteiger partial charge < -0.3 is 5.11 Å². The Balaban J connectivity index is 2.37. The van der Waals surface area contributed by atoms with Gasteiger partial charge in [-0.25, -0.2) is 0 Å². The van der Waals surface area contributed by atoms with Gasteiger partial charge in [-0.1, -0.05) is 24.3 Å². The van der Waals surface area contributed by atoms with E-state index in [-0.39, 0.29) is 18.3 Å². The van der Waals surface area contributed by atoms with Crippen LogP contribution in [0.2, 0.25) is 0 Å². The quantitative estimate of drug-likeness (QED) is 0.702. The summed E-state index contributed by atoms with van der Waals surface area (Å²) in [5, 5.41) is 8.98. The maximum Gasteiger partial charge on any atom is 0.163 e. The van der Waals surface area contributed by atoms with Gasteiger partial charge in [0.2, 0.25) is 0 Å². The molecule has 1 N–H and O–H groups in total. The van der Waals surface area contributed by atoms with Gasteiger partial charge in [0.05, 0.1) is 0 Å². The minimum absolute atomic E-state index is 0.111. The minimum Gasteiger partial charge on any atom is -0.396 e. The van der Waals surface area contributed by atoms with E-state index in [9.17, 15) is 4.79 Å². The lowest BCUT2D eigenvalue weighted by molar-refractivity contribution is 0.0919. The summed E-state index contributed by atoms with van der Waals surface area (Å²) in [6, 6.07) is 7.65. The standard InChI is InChI=1S/C11H12O2/c12-7-8-5-9-3-1-2-4-10(9)11(13)6-8/h1-4,8,12H,5-7H2/t8-/m0/s1. The van der Waals surface area contributed by atoms with Gasteiger partial charge in [0.15, 0.2) is 5.78 Å². The van der Waals surface area contributed by atoms with Gasteiger partial charge in [-0.15, -0.1) is 0 Å². The fourth-order valence-corrected chi connectivity index (χ4v) is 1.85. The van der Waals surface area contributed by atoms with E-state index in [0.29, 0.717) is 6.42 Å². The third kappa shape index (κ3) is 1.49. The summed E-state index contributed by atoms with van der Waals surface area (Å²) >= 11 is 0. The van der Waals surface area contributed by atoms with Crippen LogP contribution in [0.4, 0.5) is 0 Å². The van der Waals surface area contributed by atoms with Crippen molar-refractivity contribution in [2.75, 3.05) is 6.61 Å². The second kappa shape index (κ2) is 3.30. The molecule has 0 spiro atoms. The van der Waals surface area contributed by atoms with Crippen LogP contribution in [-0.4, -0.2) is 17.5 Å². The van der Waals surface area contributed by atoms with Gasteiger partial charge in [-0.05, 0) is 17.9 Å². The molecule has 0 aliphatic heterocycles. The first-order valence-electron chi connectivity index (χ1n) is 4.53. The third-order valence-corrected chi connectivity index (χ3v) is 2.56. The molecule has 0 bridgehead atoms. The van der Waals surface area contributed by atoms with Crippen LogP contribution in [-0.2, 0) is 6.42 Å². The summed E-state index contributed by atoms with van der Waals surface area (Å²) in [7, 11) is 0. The highest BCUT2D eigenvalue weighted by atomic mass is 16.3. The molecule has 1 aromatic carbocycles. The molecule has 0 heterocycles. The van der Waals surface area contributed by atoms with E-state index in [1.807, 2.05) is 24.3 Å². The number of fused-ring (bicyclic) bond motifs is 1. The molecule has 0 fully saturated rings. The summed E-state index contributed by atoms with van der Waals surface area (Å²) in [6.07, 6.45) is 1.33. The molecule has 0 aromatic heterocycles. The van der Waals surface area contributed by atoms with E-state index in [2.05, 4.69) is 0 Å². The maximum absolute atomic E-state index is 11.5. The number of hydrogen-bond acceptors (Lipinski definition) is 2. The van der Waals surface area contributed by atoms with Gasteiger partial charge in [0.1, 0.15) is 0 Å². The molecule has 2 nitrogen and oxygen atoms in total. The molecule has 0 radical (unpaired) electrons. The highest BCUT2D eigenvalue weighted by molar-refractivity contribution is 5.98. The van der Waals surface area contributed by atoms with Crippen molar-refractivity contribution in [1.82, 2.24) is 0 Å².